The van der Waals surface area contributed by atoms with E-state index in [1.54, 1.807) is 19.6 Å². The first-order chi connectivity index (χ1) is 12.3. The third-order valence-electron chi connectivity index (χ3n) is 4.49. The molecule has 25 heavy (non-hydrogen) atoms. The summed E-state index contributed by atoms with van der Waals surface area (Å²) in [7, 11) is 3.65. The lowest BCUT2D eigenvalue weighted by Crippen LogP contribution is -2.09. The molecule has 4 rings (SSSR count). The minimum absolute atomic E-state index is 0.111. The zero-order chi connectivity index (χ0) is 17.2. The Morgan fingerprint density at radius 1 is 1.24 bits per heavy atom. The molecule has 126 valence electrons. The average molecular weight is 333 g/mol. The zero-order valence-electron chi connectivity index (χ0n) is 14.2. The Labute approximate surface area is 145 Å². The van der Waals surface area contributed by atoms with Crippen molar-refractivity contribution in [3.63, 3.8) is 0 Å². The zero-order valence-corrected chi connectivity index (χ0v) is 14.2. The molecule has 3 aromatic heterocycles. The van der Waals surface area contributed by atoms with Crippen LogP contribution in [0, 0.1) is 0 Å². The van der Waals surface area contributed by atoms with Crippen LogP contribution in [0.5, 0.6) is 6.01 Å². The normalized spacial score (nSPS) is 12.4. The molecule has 0 aliphatic heterocycles. The lowest BCUT2D eigenvalue weighted by molar-refractivity contribution is 0.377. The van der Waals surface area contributed by atoms with Gasteiger partial charge in [-0.15, -0.1) is 0 Å². The predicted octanol–water partition coefficient (Wildman–Crippen LogP) is 3.07. The van der Waals surface area contributed by atoms with Gasteiger partial charge in [-0.3, -0.25) is 0 Å². The Morgan fingerprint density at radius 2 is 2.16 bits per heavy atom. The number of fused-ring (bicyclic) bond motifs is 1. The molecule has 0 saturated heterocycles. The second-order valence-electron chi connectivity index (χ2n) is 6.01. The van der Waals surface area contributed by atoms with E-state index in [-0.39, 0.29) is 5.92 Å². The van der Waals surface area contributed by atoms with Gasteiger partial charge in [0.25, 0.3) is 0 Å². The van der Waals surface area contributed by atoms with E-state index in [1.807, 2.05) is 12.3 Å². The van der Waals surface area contributed by atoms with Crippen LogP contribution < -0.4 is 4.74 Å². The number of nitrogens with zero attached hydrogens (tertiary/aromatic N) is 4. The van der Waals surface area contributed by atoms with Crippen LogP contribution in [0.1, 0.15) is 22.9 Å². The number of aromatic nitrogens is 5. The molecule has 1 N–H and O–H groups in total. The van der Waals surface area contributed by atoms with Crippen LogP contribution in [0.25, 0.3) is 10.9 Å². The first kappa shape index (κ1) is 15.4. The van der Waals surface area contributed by atoms with Crippen LogP contribution in [0.4, 0.5) is 0 Å². The monoisotopic (exact) mass is 333 g/mol. The topological polar surface area (TPSA) is 68.6 Å². The number of nitrogens with one attached hydrogen (secondary N) is 1. The van der Waals surface area contributed by atoms with E-state index >= 15 is 0 Å². The number of methoxy groups -OCH3 is 1. The van der Waals surface area contributed by atoms with Crippen molar-refractivity contribution < 1.29 is 4.74 Å². The molecule has 0 aliphatic rings. The summed E-state index contributed by atoms with van der Waals surface area (Å²) in [5.74, 6) is 0.111. The number of aryl methyl sites for hydroxylation is 1. The number of para-hydroxylation sites is 1. The number of aromatic amines is 1. The number of imidazole rings is 1. The van der Waals surface area contributed by atoms with Crippen LogP contribution in [-0.4, -0.2) is 31.6 Å². The highest BCUT2D eigenvalue weighted by molar-refractivity contribution is 5.84. The van der Waals surface area contributed by atoms with Crippen LogP contribution in [-0.2, 0) is 13.5 Å². The van der Waals surface area contributed by atoms with Crippen LogP contribution >= 0.6 is 0 Å². The van der Waals surface area contributed by atoms with E-state index in [9.17, 15) is 0 Å². The smallest absolute Gasteiger partial charge is 0.316 e. The van der Waals surface area contributed by atoms with Gasteiger partial charge in [0, 0.05) is 49.4 Å². The first-order valence-corrected chi connectivity index (χ1v) is 8.14. The SMILES string of the molecule is COc1nccc(C[C@H](c2cnc[nH]2)c2cccc3ccn(C)c23)n1. The van der Waals surface area contributed by atoms with E-state index in [0.717, 1.165) is 17.8 Å². The van der Waals surface area contributed by atoms with Gasteiger partial charge in [0.15, 0.2) is 0 Å². The van der Waals surface area contributed by atoms with E-state index in [0.29, 0.717) is 6.01 Å². The third-order valence-corrected chi connectivity index (χ3v) is 4.49. The van der Waals surface area contributed by atoms with E-state index in [1.165, 1.54) is 16.5 Å². The molecule has 0 spiro atoms. The minimum Gasteiger partial charge on any atom is -0.467 e. The quantitative estimate of drug-likeness (QED) is 0.609. The Morgan fingerprint density at radius 3 is 2.96 bits per heavy atom. The maximum atomic E-state index is 5.16. The molecule has 4 aromatic rings. The Bertz CT molecular complexity index is 990. The minimum atomic E-state index is 0.111. The highest BCUT2D eigenvalue weighted by atomic mass is 16.5. The van der Waals surface area contributed by atoms with E-state index in [2.05, 4.69) is 62.0 Å². The van der Waals surface area contributed by atoms with Gasteiger partial charge in [-0.2, -0.15) is 0 Å². The molecule has 3 heterocycles. The molecule has 0 saturated carbocycles. The van der Waals surface area contributed by atoms with Gasteiger partial charge in [-0.1, -0.05) is 18.2 Å². The summed E-state index contributed by atoms with van der Waals surface area (Å²) in [6.07, 6.45) is 8.14. The van der Waals surface area contributed by atoms with Gasteiger partial charge >= 0.3 is 6.01 Å². The molecule has 1 aromatic carbocycles. The number of hydrogen-bond donors (Lipinski definition) is 1. The van der Waals surface area contributed by atoms with Crippen molar-refractivity contribution in [3.8, 4) is 6.01 Å². The fourth-order valence-electron chi connectivity index (χ4n) is 3.31. The highest BCUT2D eigenvalue weighted by Crippen LogP contribution is 2.32. The van der Waals surface area contributed by atoms with Gasteiger partial charge in [0.05, 0.1) is 19.0 Å². The fraction of sp³-hybridized carbons (Fsp3) is 0.211. The van der Waals surface area contributed by atoms with Crippen molar-refractivity contribution in [1.82, 2.24) is 24.5 Å². The molecule has 0 amide bonds. The van der Waals surface area contributed by atoms with E-state index < -0.39 is 0 Å². The number of H-pyrrole nitrogens is 1. The fourth-order valence-corrected chi connectivity index (χ4v) is 3.31. The molecule has 0 aliphatic carbocycles. The van der Waals surface area contributed by atoms with Crippen molar-refractivity contribution >= 4 is 10.9 Å². The summed E-state index contributed by atoms with van der Waals surface area (Å²) in [5, 5.41) is 1.23. The molecule has 6 nitrogen and oxygen atoms in total. The highest BCUT2D eigenvalue weighted by Gasteiger charge is 2.21. The van der Waals surface area contributed by atoms with E-state index in [4.69, 9.17) is 4.74 Å². The summed E-state index contributed by atoms with van der Waals surface area (Å²) >= 11 is 0. The second kappa shape index (κ2) is 6.39. The van der Waals surface area contributed by atoms with Crippen LogP contribution in [0.15, 0.2) is 55.2 Å². The molecule has 1 atom stereocenters. The average Bonchev–Trinajstić information content (AvgIpc) is 3.30. The number of benzene rings is 1. The maximum Gasteiger partial charge on any atom is 0.316 e. The van der Waals surface area contributed by atoms with Crippen molar-refractivity contribution in [1.29, 1.82) is 0 Å². The Balaban J connectivity index is 1.82. The van der Waals surface area contributed by atoms with Crippen molar-refractivity contribution in [2.24, 2.45) is 7.05 Å². The molecule has 0 unspecified atom stereocenters. The summed E-state index contributed by atoms with van der Waals surface area (Å²) < 4.78 is 7.32. The van der Waals surface area contributed by atoms with Crippen molar-refractivity contribution in [3.05, 3.63) is 72.2 Å². The molecule has 0 bridgehead atoms. The van der Waals surface area contributed by atoms with Crippen LogP contribution in [0.3, 0.4) is 0 Å². The summed E-state index contributed by atoms with van der Waals surface area (Å²) in [6, 6.07) is 10.9. The first-order valence-electron chi connectivity index (χ1n) is 8.14. The lowest BCUT2D eigenvalue weighted by atomic mass is 9.90. The van der Waals surface area contributed by atoms with Crippen LogP contribution in [0.2, 0.25) is 0 Å². The Kier molecular flexibility index (Phi) is 3.93. The third kappa shape index (κ3) is 2.87. The number of hydrogen-bond acceptors (Lipinski definition) is 4. The summed E-state index contributed by atoms with van der Waals surface area (Å²) in [6.45, 7) is 0. The standard InChI is InChI=1S/C19H19N5O/c1-24-9-7-13-4-3-5-15(18(13)24)16(17-11-20-12-22-17)10-14-6-8-21-19(23-14)25-2/h3-9,11-12,16H,10H2,1-2H3,(H,20,22)/t16-/m0/s1. The van der Waals surface area contributed by atoms with Crippen molar-refractivity contribution in [2.75, 3.05) is 7.11 Å². The molecule has 6 heteroatoms. The largest absolute Gasteiger partial charge is 0.467 e. The molecular weight excluding hydrogens is 314 g/mol. The van der Waals surface area contributed by atoms with Gasteiger partial charge in [0.2, 0.25) is 0 Å². The van der Waals surface area contributed by atoms with Gasteiger partial charge in [-0.25, -0.2) is 15.0 Å². The Hall–Kier alpha value is -3.15. The van der Waals surface area contributed by atoms with Crippen molar-refractivity contribution in [2.45, 2.75) is 12.3 Å². The second-order valence-corrected chi connectivity index (χ2v) is 6.01. The van der Waals surface area contributed by atoms with Gasteiger partial charge in [-0.05, 0) is 23.1 Å². The summed E-state index contributed by atoms with van der Waals surface area (Å²) in [5.41, 5.74) is 4.46. The maximum absolute atomic E-state index is 5.16. The molecule has 0 fully saturated rings. The van der Waals surface area contributed by atoms with Gasteiger partial charge < -0.3 is 14.3 Å². The van der Waals surface area contributed by atoms with Gasteiger partial charge in [0.1, 0.15) is 0 Å². The molecular formula is C19H19N5O. The predicted molar refractivity (Wildman–Crippen MR) is 95.6 cm³/mol. The summed E-state index contributed by atoms with van der Waals surface area (Å²) in [4.78, 5) is 16.1. The molecule has 0 radical (unpaired) electrons. The number of rotatable bonds is 5. The number of ether oxygens (including phenoxy) is 1. The lowest BCUT2D eigenvalue weighted by Gasteiger charge is -2.18.